The van der Waals surface area contributed by atoms with Gasteiger partial charge in [0.1, 0.15) is 23.1 Å². The summed E-state index contributed by atoms with van der Waals surface area (Å²) in [6.45, 7) is 0. The third kappa shape index (κ3) is 2.65. The van der Waals surface area contributed by atoms with E-state index in [0.29, 0.717) is 10.8 Å². The molecule has 0 aliphatic heterocycles. The van der Waals surface area contributed by atoms with Gasteiger partial charge in [-0.15, -0.1) is 0 Å². The molecule has 18 heavy (non-hydrogen) atoms. The number of aromatic nitrogens is 2. The fourth-order valence-corrected chi connectivity index (χ4v) is 1.84. The molecule has 0 amide bonds. The summed E-state index contributed by atoms with van der Waals surface area (Å²) in [6, 6.07) is 4.38. The van der Waals surface area contributed by atoms with Gasteiger partial charge in [-0.2, -0.15) is 0 Å². The number of nitrogens with zero attached hydrogens (tertiary/aromatic N) is 2. The molecule has 1 aromatic heterocycles. The van der Waals surface area contributed by atoms with Crippen molar-refractivity contribution in [2.75, 3.05) is 5.32 Å². The summed E-state index contributed by atoms with van der Waals surface area (Å²) >= 11 is 8.97. The summed E-state index contributed by atoms with van der Waals surface area (Å²) < 4.78 is 14.2. The molecule has 4 nitrogen and oxygen atoms in total. The molecule has 0 saturated heterocycles. The highest BCUT2D eigenvalue weighted by atomic mass is 79.9. The van der Waals surface area contributed by atoms with Crippen molar-refractivity contribution in [1.82, 2.24) is 9.97 Å². The fourth-order valence-electron chi connectivity index (χ4n) is 1.30. The number of benzene rings is 1. The van der Waals surface area contributed by atoms with Crippen LogP contribution in [0.25, 0.3) is 0 Å². The average Bonchev–Trinajstić information content (AvgIpc) is 2.34. The van der Waals surface area contributed by atoms with E-state index in [4.69, 9.17) is 11.6 Å². The molecule has 2 rings (SSSR count). The van der Waals surface area contributed by atoms with E-state index in [1.807, 2.05) is 0 Å². The SMILES string of the molecule is O=Cc1c(Cl)ncnc1Nc1cc(Br)ccc1F. The second kappa shape index (κ2) is 5.41. The molecule has 0 bridgehead atoms. The van der Waals surface area contributed by atoms with Crippen LogP contribution >= 0.6 is 27.5 Å². The number of rotatable bonds is 3. The van der Waals surface area contributed by atoms with Crippen LogP contribution in [0.1, 0.15) is 10.4 Å². The number of hydrogen-bond donors (Lipinski definition) is 1. The summed E-state index contributed by atoms with van der Waals surface area (Å²) in [5, 5.41) is 2.71. The van der Waals surface area contributed by atoms with Crippen LogP contribution < -0.4 is 5.32 Å². The maximum atomic E-state index is 13.5. The topological polar surface area (TPSA) is 54.9 Å². The Hall–Kier alpha value is -1.53. The molecule has 0 radical (unpaired) electrons. The first kappa shape index (κ1) is 12.9. The molecule has 92 valence electrons. The predicted octanol–water partition coefficient (Wildman–Crippen LogP) is 3.59. The minimum absolute atomic E-state index is 0.0119. The lowest BCUT2D eigenvalue weighted by Crippen LogP contribution is -2.02. The second-order valence-corrected chi connectivity index (χ2v) is 4.57. The zero-order chi connectivity index (χ0) is 13.1. The van der Waals surface area contributed by atoms with Crippen molar-refractivity contribution in [2.45, 2.75) is 0 Å². The van der Waals surface area contributed by atoms with Crippen molar-refractivity contribution in [1.29, 1.82) is 0 Å². The third-order valence-electron chi connectivity index (χ3n) is 2.13. The third-order valence-corrected chi connectivity index (χ3v) is 2.93. The van der Waals surface area contributed by atoms with E-state index in [-0.39, 0.29) is 22.2 Å². The van der Waals surface area contributed by atoms with E-state index < -0.39 is 5.82 Å². The van der Waals surface area contributed by atoms with Gasteiger partial charge in [0, 0.05) is 4.47 Å². The fraction of sp³-hybridized carbons (Fsp3) is 0. The number of halogens is 3. The van der Waals surface area contributed by atoms with Crippen LogP contribution in [-0.2, 0) is 0 Å². The maximum Gasteiger partial charge on any atom is 0.156 e. The van der Waals surface area contributed by atoms with E-state index in [9.17, 15) is 9.18 Å². The van der Waals surface area contributed by atoms with Gasteiger partial charge in [-0.1, -0.05) is 27.5 Å². The van der Waals surface area contributed by atoms with Crippen LogP contribution in [0.15, 0.2) is 29.0 Å². The zero-order valence-electron chi connectivity index (χ0n) is 8.82. The highest BCUT2D eigenvalue weighted by molar-refractivity contribution is 9.10. The monoisotopic (exact) mass is 329 g/mol. The van der Waals surface area contributed by atoms with Gasteiger partial charge in [0.05, 0.1) is 11.3 Å². The maximum absolute atomic E-state index is 13.5. The molecule has 0 aliphatic carbocycles. The first-order valence-corrected chi connectivity index (χ1v) is 5.96. The Balaban J connectivity index is 2.43. The van der Waals surface area contributed by atoms with Gasteiger partial charge in [-0.3, -0.25) is 4.79 Å². The lowest BCUT2D eigenvalue weighted by Gasteiger charge is -2.09. The molecule has 2 aromatic rings. The van der Waals surface area contributed by atoms with Gasteiger partial charge < -0.3 is 5.32 Å². The highest BCUT2D eigenvalue weighted by Gasteiger charge is 2.11. The quantitative estimate of drug-likeness (QED) is 0.690. The first-order chi connectivity index (χ1) is 8.61. The van der Waals surface area contributed by atoms with E-state index in [2.05, 4.69) is 31.2 Å². The van der Waals surface area contributed by atoms with Crippen molar-refractivity contribution in [2.24, 2.45) is 0 Å². The van der Waals surface area contributed by atoms with E-state index in [1.54, 1.807) is 6.07 Å². The number of aldehydes is 1. The molecule has 0 aliphatic rings. The minimum atomic E-state index is -0.468. The standard InChI is InChI=1S/C11H6BrClFN3O/c12-6-1-2-8(14)9(3-6)17-11-7(4-18)10(13)15-5-16-11/h1-5H,(H,15,16,17). The summed E-state index contributed by atoms with van der Waals surface area (Å²) in [6.07, 6.45) is 1.70. The highest BCUT2D eigenvalue weighted by Crippen LogP contribution is 2.25. The van der Waals surface area contributed by atoms with Gasteiger partial charge in [-0.25, -0.2) is 14.4 Å². The van der Waals surface area contributed by atoms with Gasteiger partial charge in [0.15, 0.2) is 6.29 Å². The van der Waals surface area contributed by atoms with Gasteiger partial charge in [-0.05, 0) is 18.2 Å². The largest absolute Gasteiger partial charge is 0.337 e. The van der Waals surface area contributed by atoms with Crippen LogP contribution in [0, 0.1) is 5.82 Å². The smallest absolute Gasteiger partial charge is 0.156 e. The Morgan fingerprint density at radius 3 is 2.89 bits per heavy atom. The van der Waals surface area contributed by atoms with Crippen molar-refractivity contribution in [3.05, 3.63) is 45.5 Å². The van der Waals surface area contributed by atoms with Crippen LogP contribution in [0.3, 0.4) is 0 Å². The Morgan fingerprint density at radius 2 is 2.17 bits per heavy atom. The number of anilines is 2. The molecule has 0 saturated carbocycles. The van der Waals surface area contributed by atoms with Gasteiger partial charge in [0.2, 0.25) is 0 Å². The molecule has 1 N–H and O–H groups in total. The Kier molecular flexibility index (Phi) is 3.88. The Labute approximate surface area is 115 Å². The number of nitrogens with one attached hydrogen (secondary N) is 1. The molecular formula is C11H6BrClFN3O. The van der Waals surface area contributed by atoms with Crippen LogP contribution in [0.5, 0.6) is 0 Å². The molecule has 0 fully saturated rings. The van der Waals surface area contributed by atoms with Crippen molar-refractivity contribution in [3.8, 4) is 0 Å². The first-order valence-electron chi connectivity index (χ1n) is 4.79. The van der Waals surface area contributed by atoms with Gasteiger partial charge in [0.25, 0.3) is 0 Å². The summed E-state index contributed by atoms with van der Waals surface area (Å²) in [4.78, 5) is 18.4. The van der Waals surface area contributed by atoms with Crippen LogP contribution in [0.4, 0.5) is 15.9 Å². The molecule has 0 atom stereocenters. The summed E-state index contributed by atoms with van der Waals surface area (Å²) in [7, 11) is 0. The molecule has 0 unspecified atom stereocenters. The van der Waals surface area contributed by atoms with Gasteiger partial charge >= 0.3 is 0 Å². The number of carbonyl (C=O) groups excluding carboxylic acids is 1. The Morgan fingerprint density at radius 1 is 1.39 bits per heavy atom. The van der Waals surface area contributed by atoms with Crippen molar-refractivity contribution < 1.29 is 9.18 Å². The van der Waals surface area contributed by atoms with E-state index in [1.165, 1.54) is 18.5 Å². The minimum Gasteiger partial charge on any atom is -0.337 e. The summed E-state index contributed by atoms with van der Waals surface area (Å²) in [5.41, 5.74) is 0.265. The lowest BCUT2D eigenvalue weighted by molar-refractivity contribution is 0.112. The molecule has 1 heterocycles. The molecule has 1 aromatic carbocycles. The van der Waals surface area contributed by atoms with Crippen molar-refractivity contribution in [3.63, 3.8) is 0 Å². The van der Waals surface area contributed by atoms with Crippen LogP contribution in [-0.4, -0.2) is 16.3 Å². The zero-order valence-corrected chi connectivity index (χ0v) is 11.2. The normalized spacial score (nSPS) is 10.2. The van der Waals surface area contributed by atoms with Crippen molar-refractivity contribution >= 4 is 45.3 Å². The van der Waals surface area contributed by atoms with E-state index >= 15 is 0 Å². The van der Waals surface area contributed by atoms with Crippen LogP contribution in [0.2, 0.25) is 5.15 Å². The average molecular weight is 331 g/mol. The van der Waals surface area contributed by atoms with E-state index in [0.717, 1.165) is 0 Å². The lowest BCUT2D eigenvalue weighted by atomic mass is 10.3. The Bertz CT molecular complexity index is 609. The molecule has 0 spiro atoms. The number of hydrogen-bond acceptors (Lipinski definition) is 4. The summed E-state index contributed by atoms with van der Waals surface area (Å²) in [5.74, 6) is -0.313. The number of carbonyl (C=O) groups is 1. The molecular weight excluding hydrogens is 324 g/mol. The molecule has 7 heteroatoms. The predicted molar refractivity (Wildman–Crippen MR) is 69.8 cm³/mol. The second-order valence-electron chi connectivity index (χ2n) is 3.29.